The number of benzene rings is 1. The van der Waals surface area contributed by atoms with E-state index >= 15 is 0 Å². The minimum absolute atomic E-state index is 0.0127. The van der Waals surface area contributed by atoms with Crippen molar-refractivity contribution in [3.8, 4) is 0 Å². The molecular formula is C10H14ClNO4S. The van der Waals surface area contributed by atoms with Crippen LogP contribution in [0, 0.1) is 0 Å². The quantitative estimate of drug-likeness (QED) is 0.726. The van der Waals surface area contributed by atoms with Crippen LogP contribution in [0.3, 0.4) is 0 Å². The lowest BCUT2D eigenvalue weighted by molar-refractivity contribution is 0.00681. The molecule has 1 unspecified atom stereocenters. The van der Waals surface area contributed by atoms with Gasteiger partial charge in [0.2, 0.25) is 10.0 Å². The van der Waals surface area contributed by atoms with Crippen molar-refractivity contribution in [2.75, 3.05) is 13.2 Å². The summed E-state index contributed by atoms with van der Waals surface area (Å²) in [5.41, 5.74) is -1.49. The number of hydrogen-bond donors (Lipinski definition) is 3. The largest absolute Gasteiger partial charge is 0.393 e. The number of aliphatic hydroxyl groups is 2. The van der Waals surface area contributed by atoms with Crippen molar-refractivity contribution in [2.24, 2.45) is 0 Å². The number of halogens is 1. The molecule has 3 N–H and O–H groups in total. The van der Waals surface area contributed by atoms with Gasteiger partial charge in [0, 0.05) is 11.6 Å². The molecule has 1 atom stereocenters. The molecule has 0 fully saturated rings. The van der Waals surface area contributed by atoms with Crippen LogP contribution in [-0.2, 0) is 10.0 Å². The number of sulfonamides is 1. The minimum atomic E-state index is -3.73. The molecule has 1 aromatic carbocycles. The summed E-state index contributed by atoms with van der Waals surface area (Å²) in [6.07, 6.45) is 0. The van der Waals surface area contributed by atoms with Crippen molar-refractivity contribution in [1.82, 2.24) is 4.72 Å². The maximum atomic E-state index is 11.8. The van der Waals surface area contributed by atoms with Crippen LogP contribution in [0.25, 0.3) is 0 Å². The monoisotopic (exact) mass is 279 g/mol. The zero-order valence-corrected chi connectivity index (χ0v) is 10.8. The first-order chi connectivity index (χ1) is 7.77. The number of nitrogens with one attached hydrogen (secondary N) is 1. The number of hydrogen-bond acceptors (Lipinski definition) is 4. The van der Waals surface area contributed by atoms with E-state index in [-0.39, 0.29) is 11.4 Å². The van der Waals surface area contributed by atoms with Gasteiger partial charge in [0.25, 0.3) is 0 Å². The Morgan fingerprint density at radius 2 is 2.12 bits per heavy atom. The summed E-state index contributed by atoms with van der Waals surface area (Å²) in [5.74, 6) is 0. The molecule has 0 radical (unpaired) electrons. The molecule has 0 aliphatic carbocycles. The summed E-state index contributed by atoms with van der Waals surface area (Å²) >= 11 is 5.69. The Morgan fingerprint density at radius 1 is 1.47 bits per heavy atom. The van der Waals surface area contributed by atoms with E-state index < -0.39 is 22.2 Å². The normalized spacial score (nSPS) is 15.5. The fraction of sp³-hybridized carbons (Fsp3) is 0.400. The van der Waals surface area contributed by atoms with Crippen molar-refractivity contribution in [3.05, 3.63) is 29.3 Å². The summed E-state index contributed by atoms with van der Waals surface area (Å²) in [7, 11) is -3.73. The Kier molecular flexibility index (Phi) is 4.51. The third-order valence-electron chi connectivity index (χ3n) is 2.09. The first-order valence-corrected chi connectivity index (χ1v) is 6.71. The fourth-order valence-corrected chi connectivity index (χ4v) is 2.49. The zero-order valence-electron chi connectivity index (χ0n) is 9.22. The van der Waals surface area contributed by atoms with Gasteiger partial charge in [-0.15, -0.1) is 0 Å². The van der Waals surface area contributed by atoms with Crippen LogP contribution in [0.15, 0.2) is 29.2 Å². The highest BCUT2D eigenvalue weighted by molar-refractivity contribution is 7.89. The summed E-state index contributed by atoms with van der Waals surface area (Å²) in [6.45, 7) is 0.511. The topological polar surface area (TPSA) is 86.6 Å². The van der Waals surface area contributed by atoms with E-state index in [0.717, 1.165) is 0 Å². The predicted molar refractivity (Wildman–Crippen MR) is 64.4 cm³/mol. The van der Waals surface area contributed by atoms with Gasteiger partial charge < -0.3 is 10.2 Å². The van der Waals surface area contributed by atoms with Gasteiger partial charge in [-0.3, -0.25) is 0 Å². The van der Waals surface area contributed by atoms with E-state index in [4.69, 9.17) is 16.7 Å². The summed E-state index contributed by atoms with van der Waals surface area (Å²) < 4.78 is 25.8. The molecule has 5 nitrogen and oxygen atoms in total. The van der Waals surface area contributed by atoms with E-state index in [1.54, 1.807) is 6.07 Å². The van der Waals surface area contributed by atoms with E-state index in [0.29, 0.717) is 5.02 Å². The van der Waals surface area contributed by atoms with Crippen molar-refractivity contribution < 1.29 is 18.6 Å². The molecular weight excluding hydrogens is 266 g/mol. The Morgan fingerprint density at radius 3 is 2.65 bits per heavy atom. The lowest BCUT2D eigenvalue weighted by atomic mass is 10.1. The predicted octanol–water partition coefficient (Wildman–Crippen LogP) is 0.362. The molecule has 0 amide bonds. The Bertz CT molecular complexity index is 487. The maximum absolute atomic E-state index is 11.8. The summed E-state index contributed by atoms with van der Waals surface area (Å²) in [4.78, 5) is 0.0127. The average molecular weight is 280 g/mol. The highest BCUT2D eigenvalue weighted by Crippen LogP contribution is 2.15. The zero-order chi connectivity index (χ0) is 13.1. The number of rotatable bonds is 5. The lowest BCUT2D eigenvalue weighted by Crippen LogP contribution is -2.43. The van der Waals surface area contributed by atoms with Gasteiger partial charge in [-0.2, -0.15) is 0 Å². The van der Waals surface area contributed by atoms with Gasteiger partial charge in [-0.1, -0.05) is 17.7 Å². The molecule has 0 heterocycles. The SMILES string of the molecule is CC(O)(CO)CNS(=O)(=O)c1cccc(Cl)c1. The molecule has 0 saturated carbocycles. The Hall–Kier alpha value is -0.660. The van der Waals surface area contributed by atoms with Gasteiger partial charge in [-0.05, 0) is 25.1 Å². The summed E-state index contributed by atoms with van der Waals surface area (Å²) in [5, 5.41) is 18.6. The van der Waals surface area contributed by atoms with Crippen LogP contribution in [0.2, 0.25) is 5.02 Å². The van der Waals surface area contributed by atoms with Crippen LogP contribution >= 0.6 is 11.6 Å². The van der Waals surface area contributed by atoms with E-state index in [2.05, 4.69) is 4.72 Å². The van der Waals surface area contributed by atoms with Crippen LogP contribution in [0.5, 0.6) is 0 Å². The highest BCUT2D eigenvalue weighted by atomic mass is 35.5. The molecule has 0 aliphatic rings. The second-order valence-corrected chi connectivity index (χ2v) is 6.14. The molecule has 7 heteroatoms. The summed E-state index contributed by atoms with van der Waals surface area (Å²) in [6, 6.07) is 5.77. The molecule has 0 spiro atoms. The molecule has 0 aliphatic heterocycles. The highest BCUT2D eigenvalue weighted by Gasteiger charge is 2.23. The van der Waals surface area contributed by atoms with Crippen LogP contribution in [-0.4, -0.2) is 37.4 Å². The molecule has 1 aromatic rings. The second-order valence-electron chi connectivity index (χ2n) is 3.94. The third-order valence-corrected chi connectivity index (χ3v) is 3.72. The van der Waals surface area contributed by atoms with Crippen LogP contribution in [0.4, 0.5) is 0 Å². The van der Waals surface area contributed by atoms with Crippen LogP contribution in [0.1, 0.15) is 6.92 Å². The first-order valence-electron chi connectivity index (χ1n) is 4.85. The van der Waals surface area contributed by atoms with Crippen molar-refractivity contribution in [3.63, 3.8) is 0 Å². The van der Waals surface area contributed by atoms with Gasteiger partial charge in [0.1, 0.15) is 0 Å². The molecule has 96 valence electrons. The molecule has 0 bridgehead atoms. The third kappa shape index (κ3) is 4.25. The van der Waals surface area contributed by atoms with Crippen molar-refractivity contribution in [2.45, 2.75) is 17.4 Å². The van der Waals surface area contributed by atoms with E-state index in [1.165, 1.54) is 25.1 Å². The first kappa shape index (κ1) is 14.4. The van der Waals surface area contributed by atoms with Gasteiger partial charge >= 0.3 is 0 Å². The minimum Gasteiger partial charge on any atom is -0.393 e. The maximum Gasteiger partial charge on any atom is 0.240 e. The standard InChI is InChI=1S/C10H14ClNO4S/c1-10(14,7-13)6-12-17(15,16)9-4-2-3-8(11)5-9/h2-5,12-14H,6-7H2,1H3. The molecule has 1 rings (SSSR count). The number of aliphatic hydroxyl groups excluding tert-OH is 1. The van der Waals surface area contributed by atoms with Gasteiger partial charge in [-0.25, -0.2) is 13.1 Å². The average Bonchev–Trinajstić information content (AvgIpc) is 2.27. The molecule has 0 aromatic heterocycles. The van der Waals surface area contributed by atoms with Gasteiger partial charge in [0.15, 0.2) is 0 Å². The smallest absolute Gasteiger partial charge is 0.240 e. The van der Waals surface area contributed by atoms with E-state index in [1.807, 2.05) is 0 Å². The second kappa shape index (κ2) is 5.32. The van der Waals surface area contributed by atoms with E-state index in [9.17, 15) is 13.5 Å². The van der Waals surface area contributed by atoms with Crippen molar-refractivity contribution >= 4 is 21.6 Å². The lowest BCUT2D eigenvalue weighted by Gasteiger charge is -2.20. The van der Waals surface area contributed by atoms with Crippen LogP contribution < -0.4 is 4.72 Å². The fourth-order valence-electron chi connectivity index (χ4n) is 1.02. The van der Waals surface area contributed by atoms with Crippen molar-refractivity contribution in [1.29, 1.82) is 0 Å². The Balaban J connectivity index is 2.83. The Labute approximate surface area is 105 Å². The molecule has 0 saturated heterocycles. The van der Waals surface area contributed by atoms with Gasteiger partial charge in [0.05, 0.1) is 17.1 Å². The molecule has 17 heavy (non-hydrogen) atoms.